The zero-order chi connectivity index (χ0) is 17.7. The number of ether oxygens (including phenoxy) is 1. The Kier molecular flexibility index (Phi) is 5.36. The van der Waals surface area contributed by atoms with Crippen molar-refractivity contribution in [1.29, 1.82) is 0 Å². The van der Waals surface area contributed by atoms with Crippen LogP contribution in [0.5, 0.6) is 11.5 Å². The van der Waals surface area contributed by atoms with Crippen LogP contribution in [0.2, 0.25) is 0 Å². The Morgan fingerprint density at radius 3 is 2.38 bits per heavy atom. The minimum absolute atomic E-state index is 0.176. The Balaban J connectivity index is 2.17. The molecule has 7 heteroatoms. The first-order chi connectivity index (χ1) is 11.4. The Bertz CT molecular complexity index is 729. The van der Waals surface area contributed by atoms with E-state index in [1.165, 1.54) is 24.2 Å². The number of carbonyl (C=O) groups excluding carboxylic acids is 1. The lowest BCUT2D eigenvalue weighted by molar-refractivity contribution is 0.0957. The van der Waals surface area contributed by atoms with Crippen LogP contribution in [0.15, 0.2) is 42.6 Å². The van der Waals surface area contributed by atoms with Crippen LogP contribution >= 0.6 is 0 Å². The number of benzene rings is 1. The molecule has 2 N–H and O–H groups in total. The SMILES string of the molecule is CNC(=O)c1cc(Oc2ccc(N(C(=O)O)C(C)C)cc2)ccn1. The molecule has 1 aromatic carbocycles. The van der Waals surface area contributed by atoms with Crippen molar-refractivity contribution in [1.82, 2.24) is 10.3 Å². The van der Waals surface area contributed by atoms with Gasteiger partial charge in [-0.05, 0) is 44.2 Å². The molecule has 0 unspecified atom stereocenters. The number of nitrogens with zero attached hydrogens (tertiary/aromatic N) is 2. The molecule has 2 rings (SSSR count). The number of hydrogen-bond donors (Lipinski definition) is 2. The zero-order valence-corrected chi connectivity index (χ0v) is 13.7. The van der Waals surface area contributed by atoms with Gasteiger partial charge in [-0.3, -0.25) is 14.7 Å². The summed E-state index contributed by atoms with van der Waals surface area (Å²) in [4.78, 5) is 28.1. The summed E-state index contributed by atoms with van der Waals surface area (Å²) in [6.45, 7) is 3.60. The average molecular weight is 329 g/mol. The second-order valence-electron chi connectivity index (χ2n) is 5.30. The van der Waals surface area contributed by atoms with Crippen molar-refractivity contribution in [3.05, 3.63) is 48.3 Å². The van der Waals surface area contributed by atoms with Crippen molar-refractivity contribution in [3.63, 3.8) is 0 Å². The molecule has 0 fully saturated rings. The summed E-state index contributed by atoms with van der Waals surface area (Å²) in [6, 6.07) is 9.68. The summed E-state index contributed by atoms with van der Waals surface area (Å²) in [5, 5.41) is 11.8. The van der Waals surface area contributed by atoms with Gasteiger partial charge in [0.15, 0.2) is 0 Å². The third-order valence-electron chi connectivity index (χ3n) is 3.26. The molecule has 0 saturated carbocycles. The van der Waals surface area contributed by atoms with Crippen LogP contribution in [0.1, 0.15) is 24.3 Å². The fraction of sp³-hybridized carbons (Fsp3) is 0.235. The third kappa shape index (κ3) is 4.01. The van der Waals surface area contributed by atoms with E-state index in [1.54, 1.807) is 44.2 Å². The van der Waals surface area contributed by atoms with Crippen LogP contribution in [-0.2, 0) is 0 Å². The number of aromatic nitrogens is 1. The van der Waals surface area contributed by atoms with Gasteiger partial charge in [0.1, 0.15) is 17.2 Å². The molecule has 0 bridgehead atoms. The third-order valence-corrected chi connectivity index (χ3v) is 3.26. The summed E-state index contributed by atoms with van der Waals surface area (Å²) < 4.78 is 5.68. The van der Waals surface area contributed by atoms with Crippen molar-refractivity contribution in [3.8, 4) is 11.5 Å². The highest BCUT2D eigenvalue weighted by Gasteiger charge is 2.17. The van der Waals surface area contributed by atoms with Crippen LogP contribution in [0, 0.1) is 0 Å². The molecule has 0 radical (unpaired) electrons. The lowest BCUT2D eigenvalue weighted by Gasteiger charge is -2.23. The van der Waals surface area contributed by atoms with Gasteiger partial charge in [0.25, 0.3) is 5.91 Å². The van der Waals surface area contributed by atoms with Gasteiger partial charge in [-0.2, -0.15) is 0 Å². The largest absolute Gasteiger partial charge is 0.465 e. The molecule has 126 valence electrons. The number of rotatable bonds is 5. The monoisotopic (exact) mass is 329 g/mol. The molecule has 0 saturated heterocycles. The molecule has 0 aliphatic rings. The highest BCUT2D eigenvalue weighted by Crippen LogP contribution is 2.25. The van der Waals surface area contributed by atoms with E-state index in [4.69, 9.17) is 4.74 Å². The second kappa shape index (κ2) is 7.45. The highest BCUT2D eigenvalue weighted by molar-refractivity contribution is 5.92. The summed E-state index contributed by atoms with van der Waals surface area (Å²) >= 11 is 0. The van der Waals surface area contributed by atoms with Crippen molar-refractivity contribution >= 4 is 17.7 Å². The van der Waals surface area contributed by atoms with Crippen molar-refractivity contribution in [2.75, 3.05) is 11.9 Å². The predicted octanol–water partition coefficient (Wildman–Crippen LogP) is 3.13. The van der Waals surface area contributed by atoms with Crippen molar-refractivity contribution in [2.45, 2.75) is 19.9 Å². The van der Waals surface area contributed by atoms with Crippen LogP contribution in [0.25, 0.3) is 0 Å². The molecule has 0 atom stereocenters. The molecule has 1 heterocycles. The summed E-state index contributed by atoms with van der Waals surface area (Å²) in [5.41, 5.74) is 0.814. The molecule has 2 amide bonds. The van der Waals surface area contributed by atoms with Crippen LogP contribution in [-0.4, -0.2) is 35.2 Å². The summed E-state index contributed by atoms with van der Waals surface area (Å²) in [6.07, 6.45) is 0.474. The van der Waals surface area contributed by atoms with Crippen LogP contribution in [0.4, 0.5) is 10.5 Å². The molecule has 0 spiro atoms. The number of carboxylic acid groups (broad SMARTS) is 1. The van der Waals surface area contributed by atoms with Crippen LogP contribution < -0.4 is 15.0 Å². The van der Waals surface area contributed by atoms with Gasteiger partial charge in [0, 0.05) is 31.0 Å². The van der Waals surface area contributed by atoms with E-state index >= 15 is 0 Å². The van der Waals surface area contributed by atoms with Gasteiger partial charge in [0.05, 0.1) is 0 Å². The minimum Gasteiger partial charge on any atom is -0.465 e. The Hall–Kier alpha value is -3.09. The Morgan fingerprint density at radius 1 is 1.17 bits per heavy atom. The maximum atomic E-state index is 11.6. The van der Waals surface area contributed by atoms with Gasteiger partial charge < -0.3 is 15.2 Å². The van der Waals surface area contributed by atoms with E-state index in [0.717, 1.165) is 0 Å². The number of amides is 2. The Labute approximate surface area is 139 Å². The first kappa shape index (κ1) is 17.3. The quantitative estimate of drug-likeness (QED) is 0.879. The fourth-order valence-electron chi connectivity index (χ4n) is 2.17. The zero-order valence-electron chi connectivity index (χ0n) is 13.7. The smallest absolute Gasteiger partial charge is 0.412 e. The van der Waals surface area contributed by atoms with Gasteiger partial charge in [0.2, 0.25) is 0 Å². The average Bonchev–Trinajstić information content (AvgIpc) is 2.55. The second-order valence-corrected chi connectivity index (χ2v) is 5.30. The summed E-state index contributed by atoms with van der Waals surface area (Å²) in [5.74, 6) is 0.696. The van der Waals surface area contributed by atoms with Gasteiger partial charge in [-0.25, -0.2) is 4.79 Å². The number of nitrogens with one attached hydrogen (secondary N) is 1. The van der Waals surface area contributed by atoms with E-state index < -0.39 is 6.09 Å². The van der Waals surface area contributed by atoms with E-state index in [9.17, 15) is 14.7 Å². The molecule has 0 aliphatic heterocycles. The first-order valence-electron chi connectivity index (χ1n) is 7.40. The maximum Gasteiger partial charge on any atom is 0.412 e. The molecule has 1 aromatic heterocycles. The topological polar surface area (TPSA) is 91.8 Å². The normalized spacial score (nSPS) is 10.3. The maximum absolute atomic E-state index is 11.6. The van der Waals surface area contributed by atoms with E-state index in [-0.39, 0.29) is 17.6 Å². The van der Waals surface area contributed by atoms with Crippen LogP contribution in [0.3, 0.4) is 0 Å². The van der Waals surface area contributed by atoms with E-state index in [1.807, 2.05) is 0 Å². The standard InChI is InChI=1S/C17H19N3O4/c1-11(2)20(17(22)23)12-4-6-13(7-5-12)24-14-8-9-19-15(10-14)16(21)18-3/h4-11H,1-3H3,(H,18,21)(H,22,23). The molecule has 2 aromatic rings. The predicted molar refractivity (Wildman–Crippen MR) is 89.8 cm³/mol. The molecule has 7 nitrogen and oxygen atoms in total. The number of hydrogen-bond acceptors (Lipinski definition) is 4. The number of carbonyl (C=O) groups is 2. The summed E-state index contributed by atoms with van der Waals surface area (Å²) in [7, 11) is 1.53. The minimum atomic E-state index is -1.01. The van der Waals surface area contributed by atoms with E-state index in [2.05, 4.69) is 10.3 Å². The van der Waals surface area contributed by atoms with Crippen molar-refractivity contribution in [2.24, 2.45) is 0 Å². The van der Waals surface area contributed by atoms with Gasteiger partial charge in [-0.1, -0.05) is 0 Å². The lowest BCUT2D eigenvalue weighted by Crippen LogP contribution is -2.35. The highest BCUT2D eigenvalue weighted by atomic mass is 16.5. The van der Waals surface area contributed by atoms with Gasteiger partial charge in [-0.15, -0.1) is 0 Å². The molecule has 24 heavy (non-hydrogen) atoms. The lowest BCUT2D eigenvalue weighted by atomic mass is 10.2. The van der Waals surface area contributed by atoms with Gasteiger partial charge >= 0.3 is 6.09 Å². The molecular formula is C17H19N3O4. The van der Waals surface area contributed by atoms with E-state index in [0.29, 0.717) is 17.2 Å². The Morgan fingerprint density at radius 2 is 1.83 bits per heavy atom. The number of pyridine rings is 1. The fourth-order valence-corrected chi connectivity index (χ4v) is 2.17. The molecule has 0 aliphatic carbocycles. The molecular weight excluding hydrogens is 310 g/mol. The first-order valence-corrected chi connectivity index (χ1v) is 7.40. The number of anilines is 1. The van der Waals surface area contributed by atoms with Crippen molar-refractivity contribution < 1.29 is 19.4 Å².